The van der Waals surface area contributed by atoms with Crippen molar-refractivity contribution in [3.63, 3.8) is 0 Å². The summed E-state index contributed by atoms with van der Waals surface area (Å²) in [5.41, 5.74) is 2.40. The number of amides is 3. The highest BCUT2D eigenvalue weighted by Crippen LogP contribution is 2.60. The second-order valence-electron chi connectivity index (χ2n) is 11.9. The van der Waals surface area contributed by atoms with Crippen LogP contribution in [-0.4, -0.2) is 41.7 Å². The zero-order valence-corrected chi connectivity index (χ0v) is 22.0. The van der Waals surface area contributed by atoms with Crippen molar-refractivity contribution in [3.8, 4) is 0 Å². The fourth-order valence-electron chi connectivity index (χ4n) is 7.89. The molecule has 4 bridgehead atoms. The first-order valence-corrected chi connectivity index (χ1v) is 13.7. The Morgan fingerprint density at radius 2 is 1.50 bits per heavy atom. The van der Waals surface area contributed by atoms with Gasteiger partial charge in [-0.25, -0.2) is 9.69 Å². The van der Waals surface area contributed by atoms with Gasteiger partial charge < -0.3 is 9.64 Å². The zero-order chi connectivity index (χ0) is 26.6. The number of benzene rings is 2. The van der Waals surface area contributed by atoms with Crippen LogP contribution < -0.4 is 4.90 Å². The summed E-state index contributed by atoms with van der Waals surface area (Å²) in [6, 6.07) is 13.4. The van der Waals surface area contributed by atoms with Gasteiger partial charge in [-0.05, 0) is 93.0 Å². The van der Waals surface area contributed by atoms with Crippen molar-refractivity contribution >= 4 is 29.4 Å². The average molecular weight is 515 g/mol. The van der Waals surface area contributed by atoms with Gasteiger partial charge in [0, 0.05) is 6.54 Å². The standard InChI is InChI=1S/C31H34N2O5/c1-19-3-5-20(6-4-19)18-32(30(37)31-15-21-11-22(16-31)13-23(12-21)17-31)26-14-27(34)33(28(26)35)25-9-7-24(8-10-25)29(36)38-2/h3-10,21-23,26H,11-18H2,1-2H3. The molecule has 1 aliphatic heterocycles. The lowest BCUT2D eigenvalue weighted by Gasteiger charge is -2.57. The van der Waals surface area contributed by atoms with Gasteiger partial charge in [-0.2, -0.15) is 0 Å². The third-order valence-corrected chi connectivity index (χ3v) is 9.27. The van der Waals surface area contributed by atoms with E-state index in [1.807, 2.05) is 31.2 Å². The van der Waals surface area contributed by atoms with Gasteiger partial charge in [0.05, 0.1) is 30.2 Å². The van der Waals surface area contributed by atoms with Gasteiger partial charge in [0.1, 0.15) is 6.04 Å². The number of hydrogen-bond donors (Lipinski definition) is 0. The molecule has 0 N–H and O–H groups in total. The number of imide groups is 1. The molecule has 0 radical (unpaired) electrons. The monoisotopic (exact) mass is 514 g/mol. The zero-order valence-electron chi connectivity index (χ0n) is 22.0. The van der Waals surface area contributed by atoms with Gasteiger partial charge in [0.15, 0.2) is 0 Å². The fourth-order valence-corrected chi connectivity index (χ4v) is 7.89. The van der Waals surface area contributed by atoms with E-state index >= 15 is 0 Å². The molecule has 38 heavy (non-hydrogen) atoms. The minimum absolute atomic E-state index is 0.0401. The largest absolute Gasteiger partial charge is 0.465 e. The summed E-state index contributed by atoms with van der Waals surface area (Å²) in [6.07, 6.45) is 6.32. The Morgan fingerprint density at radius 3 is 2.05 bits per heavy atom. The average Bonchev–Trinajstić information content (AvgIpc) is 3.20. The summed E-state index contributed by atoms with van der Waals surface area (Å²) in [5, 5.41) is 0. The van der Waals surface area contributed by atoms with Crippen molar-refractivity contribution in [2.24, 2.45) is 23.2 Å². The molecular weight excluding hydrogens is 480 g/mol. The quantitative estimate of drug-likeness (QED) is 0.414. The van der Waals surface area contributed by atoms with Crippen molar-refractivity contribution in [3.05, 3.63) is 65.2 Å². The van der Waals surface area contributed by atoms with Gasteiger partial charge >= 0.3 is 5.97 Å². The van der Waals surface area contributed by atoms with E-state index in [1.54, 1.807) is 29.2 Å². The highest BCUT2D eigenvalue weighted by Gasteiger charge is 2.57. The number of carbonyl (C=O) groups is 4. The Labute approximate surface area is 223 Å². The first-order chi connectivity index (χ1) is 18.3. The molecule has 7 heteroatoms. The van der Waals surface area contributed by atoms with E-state index < -0.39 is 17.4 Å². The van der Waals surface area contributed by atoms with Crippen LogP contribution in [0.15, 0.2) is 48.5 Å². The molecule has 4 aliphatic carbocycles. The maximum Gasteiger partial charge on any atom is 0.337 e. The Kier molecular flexibility index (Phi) is 6.12. The van der Waals surface area contributed by atoms with Crippen LogP contribution in [-0.2, 0) is 25.7 Å². The van der Waals surface area contributed by atoms with Crippen molar-refractivity contribution in [1.29, 1.82) is 0 Å². The van der Waals surface area contributed by atoms with E-state index in [2.05, 4.69) is 0 Å². The lowest BCUT2D eigenvalue weighted by Crippen LogP contribution is -2.57. The van der Waals surface area contributed by atoms with Crippen LogP contribution in [0.4, 0.5) is 5.69 Å². The molecule has 1 saturated heterocycles. The molecule has 7 nitrogen and oxygen atoms in total. The van der Waals surface area contributed by atoms with Crippen LogP contribution in [0, 0.1) is 30.1 Å². The van der Waals surface area contributed by atoms with Crippen LogP contribution in [0.2, 0.25) is 0 Å². The van der Waals surface area contributed by atoms with E-state index in [4.69, 9.17) is 4.74 Å². The molecule has 2 aromatic carbocycles. The number of hydrogen-bond acceptors (Lipinski definition) is 5. The highest BCUT2D eigenvalue weighted by molar-refractivity contribution is 6.23. The van der Waals surface area contributed by atoms with Gasteiger partial charge in [-0.15, -0.1) is 0 Å². The van der Waals surface area contributed by atoms with Crippen molar-refractivity contribution in [2.75, 3.05) is 12.0 Å². The summed E-state index contributed by atoms with van der Waals surface area (Å²) < 4.78 is 4.75. The molecule has 0 spiro atoms. The molecule has 0 aromatic heterocycles. The molecule has 4 saturated carbocycles. The molecule has 1 unspecified atom stereocenters. The molecule has 3 amide bonds. The number of ether oxygens (including phenoxy) is 1. The maximum atomic E-state index is 14.5. The summed E-state index contributed by atoms with van der Waals surface area (Å²) >= 11 is 0. The second-order valence-corrected chi connectivity index (χ2v) is 11.9. The molecular formula is C31H34N2O5. The van der Waals surface area contributed by atoms with Crippen LogP contribution in [0.5, 0.6) is 0 Å². The van der Waals surface area contributed by atoms with Crippen LogP contribution in [0.25, 0.3) is 0 Å². The molecule has 5 fully saturated rings. The fraction of sp³-hybridized carbons (Fsp3) is 0.484. The topological polar surface area (TPSA) is 84.0 Å². The van der Waals surface area contributed by atoms with E-state index in [-0.39, 0.29) is 24.1 Å². The summed E-state index contributed by atoms with van der Waals surface area (Å²) in [5.74, 6) is 0.626. The number of methoxy groups -OCH3 is 1. The molecule has 2 aromatic rings. The van der Waals surface area contributed by atoms with Crippen LogP contribution in [0.3, 0.4) is 0 Å². The van der Waals surface area contributed by atoms with Gasteiger partial charge in [-0.3, -0.25) is 14.4 Å². The molecule has 1 atom stereocenters. The number of anilines is 1. The normalized spacial score (nSPS) is 29.6. The minimum atomic E-state index is -0.843. The molecule has 7 rings (SSSR count). The van der Waals surface area contributed by atoms with E-state index in [9.17, 15) is 19.2 Å². The predicted molar refractivity (Wildman–Crippen MR) is 141 cm³/mol. The second kappa shape index (κ2) is 9.37. The SMILES string of the molecule is COC(=O)c1ccc(N2C(=O)CC(N(Cc3ccc(C)cc3)C(=O)C34CC5CC(CC(C5)C3)C4)C2=O)cc1. The minimum Gasteiger partial charge on any atom is -0.465 e. The Morgan fingerprint density at radius 1 is 0.921 bits per heavy atom. The lowest BCUT2D eigenvalue weighted by atomic mass is 9.49. The van der Waals surface area contributed by atoms with Crippen molar-refractivity contribution in [2.45, 2.75) is 64.5 Å². The van der Waals surface area contributed by atoms with E-state index in [0.29, 0.717) is 35.5 Å². The summed E-state index contributed by atoms with van der Waals surface area (Å²) in [4.78, 5) is 56.3. The third-order valence-electron chi connectivity index (χ3n) is 9.27. The van der Waals surface area contributed by atoms with Gasteiger partial charge in [0.25, 0.3) is 5.91 Å². The van der Waals surface area contributed by atoms with Gasteiger partial charge in [-0.1, -0.05) is 29.8 Å². The number of esters is 1. The Bertz CT molecular complexity index is 1250. The van der Waals surface area contributed by atoms with Crippen molar-refractivity contribution < 1.29 is 23.9 Å². The first kappa shape index (κ1) is 24.8. The number of carbonyl (C=O) groups excluding carboxylic acids is 4. The number of rotatable bonds is 6. The third kappa shape index (κ3) is 4.22. The maximum absolute atomic E-state index is 14.5. The van der Waals surface area contributed by atoms with E-state index in [0.717, 1.165) is 30.4 Å². The van der Waals surface area contributed by atoms with Crippen LogP contribution >= 0.6 is 0 Å². The molecule has 1 heterocycles. The van der Waals surface area contributed by atoms with Gasteiger partial charge in [0.2, 0.25) is 11.8 Å². The first-order valence-electron chi connectivity index (χ1n) is 13.7. The molecule has 5 aliphatic rings. The number of nitrogens with zero attached hydrogens (tertiary/aromatic N) is 2. The Hall–Kier alpha value is -3.48. The van der Waals surface area contributed by atoms with Crippen molar-refractivity contribution in [1.82, 2.24) is 4.90 Å². The van der Waals surface area contributed by atoms with Crippen LogP contribution in [0.1, 0.15) is 66.4 Å². The molecule has 198 valence electrons. The highest BCUT2D eigenvalue weighted by atomic mass is 16.5. The Balaban J connectivity index is 1.31. The smallest absolute Gasteiger partial charge is 0.337 e. The lowest BCUT2D eigenvalue weighted by molar-refractivity contribution is -0.162. The summed E-state index contributed by atoms with van der Waals surface area (Å²) in [6.45, 7) is 2.32. The number of aryl methyl sites for hydroxylation is 1. The predicted octanol–water partition coefficient (Wildman–Crippen LogP) is 4.66. The summed E-state index contributed by atoms with van der Waals surface area (Å²) in [7, 11) is 1.30. The van der Waals surface area contributed by atoms with E-state index in [1.165, 1.54) is 31.3 Å².